The molecule has 2 aliphatic rings. The second kappa shape index (κ2) is 5.37. The van der Waals surface area contributed by atoms with Gasteiger partial charge in [-0.05, 0) is 25.0 Å². The number of imidazole rings is 1. The third kappa shape index (κ3) is 2.38. The van der Waals surface area contributed by atoms with E-state index >= 15 is 0 Å². The lowest BCUT2D eigenvalue weighted by Crippen LogP contribution is -2.37. The Morgan fingerprint density at radius 2 is 2.17 bits per heavy atom. The van der Waals surface area contributed by atoms with Gasteiger partial charge < -0.3 is 14.8 Å². The molecule has 0 bridgehead atoms. The van der Waals surface area contributed by atoms with Crippen LogP contribution in [0.15, 0.2) is 24.3 Å². The first-order chi connectivity index (χ1) is 11.1. The normalized spacial score (nSPS) is 24.8. The Labute approximate surface area is 134 Å². The highest BCUT2D eigenvalue weighted by Gasteiger charge is 2.39. The fourth-order valence-electron chi connectivity index (χ4n) is 3.71. The SMILES string of the molecule is CN1C[C@H](C(=O)N2CCC[C@H]2c2nc3ccccc3[nH]2)CC1=O. The maximum atomic E-state index is 12.8. The highest BCUT2D eigenvalue weighted by molar-refractivity contribution is 5.89. The van der Waals surface area contributed by atoms with Crippen LogP contribution < -0.4 is 0 Å². The van der Waals surface area contributed by atoms with E-state index < -0.39 is 0 Å². The molecule has 3 heterocycles. The number of carbonyl (C=O) groups is 2. The molecule has 23 heavy (non-hydrogen) atoms. The number of carbonyl (C=O) groups excluding carboxylic acids is 2. The van der Waals surface area contributed by atoms with Crippen molar-refractivity contribution in [2.45, 2.75) is 25.3 Å². The lowest BCUT2D eigenvalue weighted by atomic mass is 10.1. The molecule has 2 aliphatic heterocycles. The minimum absolute atomic E-state index is 0.00379. The van der Waals surface area contributed by atoms with E-state index in [9.17, 15) is 9.59 Å². The van der Waals surface area contributed by atoms with Gasteiger partial charge >= 0.3 is 0 Å². The Morgan fingerprint density at radius 3 is 2.91 bits per heavy atom. The number of para-hydroxylation sites is 2. The van der Waals surface area contributed by atoms with Gasteiger partial charge in [0.1, 0.15) is 5.82 Å². The van der Waals surface area contributed by atoms with Crippen molar-refractivity contribution in [3.05, 3.63) is 30.1 Å². The first-order valence-electron chi connectivity index (χ1n) is 8.12. The van der Waals surface area contributed by atoms with Crippen molar-refractivity contribution in [2.24, 2.45) is 5.92 Å². The molecule has 2 fully saturated rings. The van der Waals surface area contributed by atoms with Crippen LogP contribution in [0.5, 0.6) is 0 Å². The lowest BCUT2D eigenvalue weighted by Gasteiger charge is -2.25. The van der Waals surface area contributed by atoms with E-state index in [1.54, 1.807) is 11.9 Å². The number of amides is 2. The summed E-state index contributed by atoms with van der Waals surface area (Å²) in [6.45, 7) is 1.27. The van der Waals surface area contributed by atoms with E-state index in [-0.39, 0.29) is 23.8 Å². The van der Waals surface area contributed by atoms with E-state index in [1.807, 2.05) is 29.2 Å². The molecule has 0 saturated carbocycles. The molecular weight excluding hydrogens is 292 g/mol. The number of rotatable bonds is 2. The molecule has 2 aromatic rings. The molecule has 6 nitrogen and oxygen atoms in total. The third-order valence-electron chi connectivity index (χ3n) is 4.95. The van der Waals surface area contributed by atoms with Gasteiger partial charge in [-0.3, -0.25) is 9.59 Å². The van der Waals surface area contributed by atoms with Gasteiger partial charge in [-0.25, -0.2) is 4.98 Å². The van der Waals surface area contributed by atoms with Crippen LogP contribution in [-0.4, -0.2) is 51.7 Å². The standard InChI is InChI=1S/C17H20N4O2/c1-20-10-11(9-15(20)22)17(23)21-8-4-7-14(21)16-18-12-5-2-3-6-13(12)19-16/h2-3,5-6,11,14H,4,7-10H2,1H3,(H,18,19)/t11-,14+/m1/s1. The van der Waals surface area contributed by atoms with E-state index in [2.05, 4.69) is 9.97 Å². The van der Waals surface area contributed by atoms with Crippen LogP contribution in [0.25, 0.3) is 11.0 Å². The van der Waals surface area contributed by atoms with Crippen LogP contribution >= 0.6 is 0 Å². The summed E-state index contributed by atoms with van der Waals surface area (Å²) in [6, 6.07) is 7.90. The van der Waals surface area contributed by atoms with E-state index in [0.717, 1.165) is 36.2 Å². The fourth-order valence-corrected chi connectivity index (χ4v) is 3.71. The van der Waals surface area contributed by atoms with Crippen molar-refractivity contribution in [2.75, 3.05) is 20.1 Å². The Hall–Kier alpha value is -2.37. The van der Waals surface area contributed by atoms with Gasteiger partial charge in [-0.1, -0.05) is 12.1 Å². The highest BCUT2D eigenvalue weighted by atomic mass is 16.2. The van der Waals surface area contributed by atoms with Crippen LogP contribution in [0.1, 0.15) is 31.1 Å². The van der Waals surface area contributed by atoms with Gasteiger partial charge in [-0.2, -0.15) is 0 Å². The van der Waals surface area contributed by atoms with Crippen molar-refractivity contribution in [3.8, 4) is 0 Å². The molecule has 0 radical (unpaired) electrons. The number of likely N-dealkylation sites (tertiary alicyclic amines) is 2. The number of hydrogen-bond donors (Lipinski definition) is 1. The number of benzene rings is 1. The predicted octanol–water partition coefficient (Wildman–Crippen LogP) is 1.70. The predicted molar refractivity (Wildman–Crippen MR) is 85.5 cm³/mol. The molecule has 0 unspecified atom stereocenters. The number of aromatic amines is 1. The van der Waals surface area contributed by atoms with E-state index in [0.29, 0.717) is 13.0 Å². The van der Waals surface area contributed by atoms with Crippen molar-refractivity contribution in [1.82, 2.24) is 19.8 Å². The first-order valence-corrected chi connectivity index (χ1v) is 8.12. The molecule has 0 spiro atoms. The second-order valence-electron chi connectivity index (χ2n) is 6.50. The number of fused-ring (bicyclic) bond motifs is 1. The molecule has 2 amide bonds. The van der Waals surface area contributed by atoms with Crippen molar-refractivity contribution in [1.29, 1.82) is 0 Å². The van der Waals surface area contributed by atoms with Gasteiger partial charge in [-0.15, -0.1) is 0 Å². The molecule has 120 valence electrons. The van der Waals surface area contributed by atoms with E-state index in [1.165, 1.54) is 0 Å². The molecular formula is C17H20N4O2. The summed E-state index contributed by atoms with van der Waals surface area (Å²) in [5, 5.41) is 0. The smallest absolute Gasteiger partial charge is 0.228 e. The molecule has 1 N–H and O–H groups in total. The number of hydrogen-bond acceptors (Lipinski definition) is 3. The Kier molecular flexibility index (Phi) is 3.32. The van der Waals surface area contributed by atoms with Crippen molar-refractivity contribution >= 4 is 22.8 Å². The molecule has 2 saturated heterocycles. The monoisotopic (exact) mass is 312 g/mol. The Morgan fingerprint density at radius 1 is 1.35 bits per heavy atom. The number of H-pyrrole nitrogens is 1. The summed E-state index contributed by atoms with van der Waals surface area (Å²) < 4.78 is 0. The highest BCUT2D eigenvalue weighted by Crippen LogP contribution is 2.34. The molecule has 1 aromatic heterocycles. The van der Waals surface area contributed by atoms with Crippen LogP contribution in [0.2, 0.25) is 0 Å². The first kappa shape index (κ1) is 14.2. The summed E-state index contributed by atoms with van der Waals surface area (Å²) >= 11 is 0. The summed E-state index contributed by atoms with van der Waals surface area (Å²) in [5.41, 5.74) is 1.93. The summed E-state index contributed by atoms with van der Waals surface area (Å²) in [5.74, 6) is 0.792. The van der Waals surface area contributed by atoms with Gasteiger partial charge in [0.15, 0.2) is 0 Å². The Balaban J connectivity index is 1.59. The number of nitrogens with zero attached hydrogens (tertiary/aromatic N) is 3. The zero-order chi connectivity index (χ0) is 16.0. The molecule has 0 aliphatic carbocycles. The quantitative estimate of drug-likeness (QED) is 0.917. The lowest BCUT2D eigenvalue weighted by molar-refractivity contribution is -0.136. The molecule has 1 aromatic carbocycles. The maximum absolute atomic E-state index is 12.8. The van der Waals surface area contributed by atoms with Crippen LogP contribution in [0.4, 0.5) is 0 Å². The zero-order valence-electron chi connectivity index (χ0n) is 13.2. The van der Waals surface area contributed by atoms with Gasteiger partial charge in [0.25, 0.3) is 0 Å². The van der Waals surface area contributed by atoms with E-state index in [4.69, 9.17) is 0 Å². The average Bonchev–Trinajstić information content (AvgIpc) is 3.24. The number of nitrogens with one attached hydrogen (secondary N) is 1. The van der Waals surface area contributed by atoms with Gasteiger partial charge in [0.2, 0.25) is 11.8 Å². The van der Waals surface area contributed by atoms with Crippen molar-refractivity contribution in [3.63, 3.8) is 0 Å². The molecule has 4 rings (SSSR count). The second-order valence-corrected chi connectivity index (χ2v) is 6.50. The minimum atomic E-state index is -0.211. The zero-order valence-corrected chi connectivity index (χ0v) is 13.2. The van der Waals surface area contributed by atoms with Crippen LogP contribution in [0, 0.1) is 5.92 Å². The summed E-state index contributed by atoms with van der Waals surface area (Å²) in [6.07, 6.45) is 2.23. The summed E-state index contributed by atoms with van der Waals surface area (Å²) in [7, 11) is 1.76. The largest absolute Gasteiger partial charge is 0.345 e. The topological polar surface area (TPSA) is 69.3 Å². The minimum Gasteiger partial charge on any atom is -0.345 e. The third-order valence-corrected chi connectivity index (χ3v) is 4.95. The van der Waals surface area contributed by atoms with Crippen LogP contribution in [-0.2, 0) is 9.59 Å². The fraction of sp³-hybridized carbons (Fsp3) is 0.471. The van der Waals surface area contributed by atoms with Crippen LogP contribution in [0.3, 0.4) is 0 Å². The summed E-state index contributed by atoms with van der Waals surface area (Å²) in [4.78, 5) is 36.1. The van der Waals surface area contributed by atoms with Crippen molar-refractivity contribution < 1.29 is 9.59 Å². The molecule has 6 heteroatoms. The van der Waals surface area contributed by atoms with Gasteiger partial charge in [0.05, 0.1) is 23.0 Å². The maximum Gasteiger partial charge on any atom is 0.228 e. The number of aromatic nitrogens is 2. The van der Waals surface area contributed by atoms with Gasteiger partial charge in [0, 0.05) is 26.6 Å². The average molecular weight is 312 g/mol. The molecule has 2 atom stereocenters. The Bertz CT molecular complexity index is 736.